The maximum atomic E-state index is 10.6. The van der Waals surface area contributed by atoms with Gasteiger partial charge in [-0.3, -0.25) is 4.79 Å². The molecule has 1 aromatic rings. The summed E-state index contributed by atoms with van der Waals surface area (Å²) in [7, 11) is 0. The van der Waals surface area contributed by atoms with Crippen molar-refractivity contribution in [2.45, 2.75) is 24.8 Å². The molecule has 0 spiro atoms. The number of nitrogens with two attached hydrogens (primary N) is 1. The van der Waals surface area contributed by atoms with E-state index in [0.29, 0.717) is 12.3 Å². The number of carboxylic acids is 1. The van der Waals surface area contributed by atoms with Crippen LogP contribution in [0.25, 0.3) is 0 Å². The normalized spacial score (nSPS) is 20.8. The minimum absolute atomic E-state index is 0.345. The Kier molecular flexibility index (Phi) is 2.25. The minimum Gasteiger partial charge on any atom is -0.480 e. The van der Waals surface area contributed by atoms with E-state index < -0.39 is 12.0 Å². The summed E-state index contributed by atoms with van der Waals surface area (Å²) in [5, 5.41) is 8.67. The van der Waals surface area contributed by atoms with Crippen LogP contribution in [0.1, 0.15) is 23.5 Å². The average Bonchev–Trinajstić information content (AvgIpc) is 2.13. The Morgan fingerprint density at radius 2 is 2.29 bits per heavy atom. The van der Waals surface area contributed by atoms with Crippen LogP contribution in [0.15, 0.2) is 24.3 Å². The predicted octanol–water partition coefficient (Wildman–Crippen LogP) is 1.13. The van der Waals surface area contributed by atoms with Crippen LogP contribution >= 0.6 is 0 Å². The Balaban J connectivity index is 2.02. The van der Waals surface area contributed by atoms with E-state index in [0.717, 1.165) is 6.42 Å². The number of aliphatic carboxylic acids is 1. The molecule has 1 unspecified atom stereocenters. The fourth-order valence-electron chi connectivity index (χ4n) is 1.98. The molecule has 1 aromatic carbocycles. The molecule has 0 bridgehead atoms. The number of carboxylic acid groups (broad SMARTS) is 1. The van der Waals surface area contributed by atoms with Crippen LogP contribution in [0.2, 0.25) is 0 Å². The number of hydrogen-bond donors (Lipinski definition) is 2. The van der Waals surface area contributed by atoms with Crippen molar-refractivity contribution in [2.75, 3.05) is 0 Å². The van der Waals surface area contributed by atoms with Gasteiger partial charge in [0, 0.05) is 0 Å². The topological polar surface area (TPSA) is 63.3 Å². The Morgan fingerprint density at radius 3 is 2.93 bits per heavy atom. The van der Waals surface area contributed by atoms with Crippen molar-refractivity contribution in [2.24, 2.45) is 5.73 Å². The number of fused-ring (bicyclic) bond motifs is 1. The lowest BCUT2D eigenvalue weighted by Crippen LogP contribution is -2.34. The van der Waals surface area contributed by atoms with Crippen molar-refractivity contribution in [1.82, 2.24) is 0 Å². The van der Waals surface area contributed by atoms with Crippen LogP contribution in [0.5, 0.6) is 0 Å². The van der Waals surface area contributed by atoms with Gasteiger partial charge in [-0.15, -0.1) is 0 Å². The molecule has 3 N–H and O–H groups in total. The van der Waals surface area contributed by atoms with Crippen molar-refractivity contribution in [1.29, 1.82) is 0 Å². The van der Waals surface area contributed by atoms with Crippen molar-refractivity contribution < 1.29 is 9.90 Å². The van der Waals surface area contributed by atoms with E-state index >= 15 is 0 Å². The van der Waals surface area contributed by atoms with E-state index in [-0.39, 0.29) is 0 Å². The smallest absolute Gasteiger partial charge is 0.320 e. The molecule has 0 aliphatic heterocycles. The Hall–Kier alpha value is -1.35. The lowest BCUT2D eigenvalue weighted by molar-refractivity contribution is -0.138. The molecule has 0 radical (unpaired) electrons. The van der Waals surface area contributed by atoms with Crippen LogP contribution in [0.3, 0.4) is 0 Å². The Labute approximate surface area is 82.5 Å². The van der Waals surface area contributed by atoms with Crippen molar-refractivity contribution >= 4 is 5.97 Å². The van der Waals surface area contributed by atoms with Crippen LogP contribution in [-0.2, 0) is 11.2 Å². The molecule has 74 valence electrons. The van der Waals surface area contributed by atoms with E-state index in [1.54, 1.807) is 0 Å². The first-order valence-electron chi connectivity index (χ1n) is 4.74. The maximum absolute atomic E-state index is 10.6. The number of rotatable bonds is 3. The number of benzene rings is 1. The fraction of sp³-hybridized carbons (Fsp3) is 0.364. The first-order chi connectivity index (χ1) is 6.68. The van der Waals surface area contributed by atoms with Crippen molar-refractivity contribution in [3.63, 3.8) is 0 Å². The Morgan fingerprint density at radius 1 is 1.57 bits per heavy atom. The van der Waals surface area contributed by atoms with Gasteiger partial charge in [-0.1, -0.05) is 24.3 Å². The lowest BCUT2D eigenvalue weighted by atomic mass is 9.74. The van der Waals surface area contributed by atoms with Gasteiger partial charge >= 0.3 is 5.97 Å². The zero-order valence-electron chi connectivity index (χ0n) is 7.81. The molecule has 14 heavy (non-hydrogen) atoms. The summed E-state index contributed by atoms with van der Waals surface area (Å²) in [5.74, 6) is -0.563. The highest BCUT2D eigenvalue weighted by atomic mass is 16.4. The number of hydrogen-bond acceptors (Lipinski definition) is 2. The van der Waals surface area contributed by atoms with Crippen LogP contribution in [0.4, 0.5) is 0 Å². The monoisotopic (exact) mass is 191 g/mol. The first kappa shape index (κ1) is 9.21. The second-order valence-corrected chi connectivity index (χ2v) is 3.78. The SMILES string of the molecule is N[C@H](CC1Cc2ccccc21)C(=O)O. The van der Waals surface area contributed by atoms with E-state index in [4.69, 9.17) is 10.8 Å². The van der Waals surface area contributed by atoms with Crippen molar-refractivity contribution in [3.8, 4) is 0 Å². The quantitative estimate of drug-likeness (QED) is 0.752. The molecule has 2 atom stereocenters. The summed E-state index contributed by atoms with van der Waals surface area (Å²) in [4.78, 5) is 10.6. The molecule has 0 saturated heterocycles. The molecular weight excluding hydrogens is 178 g/mol. The van der Waals surface area contributed by atoms with Gasteiger partial charge in [0.25, 0.3) is 0 Å². The third-order valence-corrected chi connectivity index (χ3v) is 2.82. The molecule has 0 aromatic heterocycles. The van der Waals surface area contributed by atoms with Crippen LogP contribution in [-0.4, -0.2) is 17.1 Å². The van der Waals surface area contributed by atoms with E-state index in [1.807, 2.05) is 12.1 Å². The van der Waals surface area contributed by atoms with E-state index in [9.17, 15) is 4.79 Å². The average molecular weight is 191 g/mol. The zero-order valence-corrected chi connectivity index (χ0v) is 7.81. The summed E-state index contributed by atoms with van der Waals surface area (Å²) in [6, 6.07) is 7.40. The van der Waals surface area contributed by atoms with Gasteiger partial charge in [-0.2, -0.15) is 0 Å². The summed E-state index contributed by atoms with van der Waals surface area (Å²) in [6.45, 7) is 0. The van der Waals surface area contributed by atoms with Crippen molar-refractivity contribution in [3.05, 3.63) is 35.4 Å². The zero-order chi connectivity index (χ0) is 10.1. The molecule has 1 aliphatic carbocycles. The molecule has 0 fully saturated rings. The highest BCUT2D eigenvalue weighted by molar-refractivity contribution is 5.73. The largest absolute Gasteiger partial charge is 0.480 e. The molecule has 3 heteroatoms. The molecule has 0 amide bonds. The summed E-state index contributed by atoms with van der Waals surface area (Å²) >= 11 is 0. The third-order valence-electron chi connectivity index (χ3n) is 2.82. The summed E-state index contributed by atoms with van der Waals surface area (Å²) in [6.07, 6.45) is 1.52. The van der Waals surface area contributed by atoms with E-state index in [1.165, 1.54) is 11.1 Å². The number of carbonyl (C=O) groups is 1. The van der Waals surface area contributed by atoms with Gasteiger partial charge in [-0.05, 0) is 29.9 Å². The van der Waals surface area contributed by atoms with Gasteiger partial charge in [0.05, 0.1) is 0 Å². The molecule has 0 saturated carbocycles. The molecule has 1 aliphatic rings. The first-order valence-corrected chi connectivity index (χ1v) is 4.74. The van der Waals surface area contributed by atoms with Gasteiger partial charge < -0.3 is 10.8 Å². The minimum atomic E-state index is -0.908. The molecule has 0 heterocycles. The molecular formula is C11H13NO2. The second-order valence-electron chi connectivity index (χ2n) is 3.78. The summed E-state index contributed by atoms with van der Waals surface area (Å²) < 4.78 is 0. The molecule has 2 rings (SSSR count). The third kappa shape index (κ3) is 1.51. The van der Waals surface area contributed by atoms with Crippen LogP contribution in [0, 0.1) is 0 Å². The molecule has 3 nitrogen and oxygen atoms in total. The predicted molar refractivity (Wildman–Crippen MR) is 53.1 cm³/mol. The lowest BCUT2D eigenvalue weighted by Gasteiger charge is -2.31. The highest BCUT2D eigenvalue weighted by Crippen LogP contribution is 2.37. The Bertz CT molecular complexity index is 362. The second kappa shape index (κ2) is 3.42. The van der Waals surface area contributed by atoms with E-state index in [2.05, 4.69) is 12.1 Å². The van der Waals surface area contributed by atoms with Gasteiger partial charge in [0.15, 0.2) is 0 Å². The van der Waals surface area contributed by atoms with Gasteiger partial charge in [0.2, 0.25) is 0 Å². The fourth-order valence-corrected chi connectivity index (χ4v) is 1.98. The highest BCUT2D eigenvalue weighted by Gasteiger charge is 2.28. The summed E-state index contributed by atoms with van der Waals surface area (Å²) in [5.41, 5.74) is 8.08. The van der Waals surface area contributed by atoms with Crippen LogP contribution < -0.4 is 5.73 Å². The maximum Gasteiger partial charge on any atom is 0.320 e. The standard InChI is InChI=1S/C11H13NO2/c12-10(11(13)14)6-8-5-7-3-1-2-4-9(7)8/h1-4,8,10H,5-6,12H2,(H,13,14)/t8?,10-/m1/s1. The van der Waals surface area contributed by atoms with Gasteiger partial charge in [0.1, 0.15) is 6.04 Å². The van der Waals surface area contributed by atoms with Gasteiger partial charge in [-0.25, -0.2) is 0 Å².